The van der Waals surface area contributed by atoms with Crippen molar-refractivity contribution in [2.45, 2.75) is 39.8 Å². The number of rotatable bonds is 4. The number of carbonyl (C=O) groups is 1. The molecule has 3 aromatic rings. The lowest BCUT2D eigenvalue weighted by atomic mass is 10.1. The summed E-state index contributed by atoms with van der Waals surface area (Å²) in [6.07, 6.45) is 0.999. The molecule has 1 aliphatic rings. The van der Waals surface area contributed by atoms with Crippen molar-refractivity contribution >= 4 is 27.5 Å². The molecule has 1 saturated heterocycles. The minimum Gasteiger partial charge on any atom is -0.347 e. The Hall–Kier alpha value is -2.24. The number of hydrogen-bond acceptors (Lipinski definition) is 4. The minimum atomic E-state index is 0.0408. The number of aromatic nitrogens is 1. The predicted octanol–water partition coefficient (Wildman–Crippen LogP) is 4.23. The van der Waals surface area contributed by atoms with Crippen LogP contribution in [0.2, 0.25) is 0 Å². The smallest absolute Gasteiger partial charge is 0.261 e. The number of carbonyl (C=O) groups excluding carboxylic acids is 1. The van der Waals surface area contributed by atoms with Crippen molar-refractivity contribution in [3.63, 3.8) is 0 Å². The number of thiophene rings is 1. The first-order valence-electron chi connectivity index (χ1n) is 9.46. The molecular formula is C22H25N3OS. The molecule has 27 heavy (non-hydrogen) atoms. The zero-order valence-electron chi connectivity index (χ0n) is 16.1. The Labute approximate surface area is 164 Å². The summed E-state index contributed by atoms with van der Waals surface area (Å²) < 4.78 is 0. The Bertz CT molecular complexity index is 980. The molecule has 1 fully saturated rings. The van der Waals surface area contributed by atoms with Crippen LogP contribution in [0.4, 0.5) is 0 Å². The van der Waals surface area contributed by atoms with Gasteiger partial charge in [-0.25, -0.2) is 4.98 Å². The van der Waals surface area contributed by atoms with E-state index in [4.69, 9.17) is 0 Å². The average Bonchev–Trinajstić information content (AvgIpc) is 3.20. The Morgan fingerprint density at radius 1 is 1.26 bits per heavy atom. The van der Waals surface area contributed by atoms with E-state index in [1.54, 1.807) is 0 Å². The molecule has 0 bridgehead atoms. The summed E-state index contributed by atoms with van der Waals surface area (Å²) in [5, 5.41) is 4.38. The number of aryl methyl sites for hydroxylation is 3. The maximum atomic E-state index is 12.9. The monoisotopic (exact) mass is 379 g/mol. The van der Waals surface area contributed by atoms with Gasteiger partial charge in [0.15, 0.2) is 0 Å². The summed E-state index contributed by atoms with van der Waals surface area (Å²) in [6.45, 7) is 9.00. The van der Waals surface area contributed by atoms with Crippen LogP contribution >= 0.6 is 11.3 Å². The van der Waals surface area contributed by atoms with Crippen LogP contribution in [-0.2, 0) is 6.54 Å². The highest BCUT2D eigenvalue weighted by atomic mass is 32.1. The first-order valence-corrected chi connectivity index (χ1v) is 10.3. The number of amides is 1. The molecule has 1 N–H and O–H groups in total. The molecule has 3 heterocycles. The second-order valence-electron chi connectivity index (χ2n) is 7.50. The van der Waals surface area contributed by atoms with Crippen LogP contribution in [0.3, 0.4) is 0 Å². The van der Waals surface area contributed by atoms with Gasteiger partial charge in [-0.3, -0.25) is 9.69 Å². The number of likely N-dealkylation sites (tertiary alicyclic amines) is 1. The molecule has 5 heteroatoms. The predicted molar refractivity (Wildman–Crippen MR) is 111 cm³/mol. The molecule has 0 aliphatic carbocycles. The fraction of sp³-hybridized carbons (Fsp3) is 0.364. The topological polar surface area (TPSA) is 45.2 Å². The van der Waals surface area contributed by atoms with E-state index in [1.165, 1.54) is 22.5 Å². The maximum Gasteiger partial charge on any atom is 0.261 e. The Morgan fingerprint density at radius 3 is 2.81 bits per heavy atom. The third kappa shape index (κ3) is 3.75. The minimum absolute atomic E-state index is 0.0408. The maximum absolute atomic E-state index is 12.9. The zero-order valence-corrected chi connectivity index (χ0v) is 16.9. The fourth-order valence-electron chi connectivity index (χ4n) is 4.02. The summed E-state index contributed by atoms with van der Waals surface area (Å²) in [5.41, 5.74) is 4.57. The molecular weight excluding hydrogens is 354 g/mol. The van der Waals surface area contributed by atoms with Crippen LogP contribution in [-0.4, -0.2) is 34.9 Å². The molecule has 140 valence electrons. The van der Waals surface area contributed by atoms with E-state index < -0.39 is 0 Å². The molecule has 4 rings (SSSR count). The molecule has 1 aliphatic heterocycles. The normalized spacial score (nSPS) is 17.5. The van der Waals surface area contributed by atoms with E-state index in [0.717, 1.165) is 52.4 Å². The fourth-order valence-corrected chi connectivity index (χ4v) is 5.23. The van der Waals surface area contributed by atoms with Gasteiger partial charge in [0, 0.05) is 36.8 Å². The van der Waals surface area contributed by atoms with E-state index in [2.05, 4.69) is 52.5 Å². The summed E-state index contributed by atoms with van der Waals surface area (Å²) >= 11 is 1.51. The molecule has 0 saturated carbocycles. The van der Waals surface area contributed by atoms with Crippen LogP contribution in [0.15, 0.2) is 36.4 Å². The lowest BCUT2D eigenvalue weighted by Gasteiger charge is -2.16. The number of pyridine rings is 1. The quantitative estimate of drug-likeness (QED) is 0.738. The van der Waals surface area contributed by atoms with Gasteiger partial charge in [0.05, 0.1) is 4.88 Å². The summed E-state index contributed by atoms with van der Waals surface area (Å²) in [5.74, 6) is 0.0408. The van der Waals surface area contributed by atoms with Gasteiger partial charge < -0.3 is 5.32 Å². The Morgan fingerprint density at radius 2 is 2.04 bits per heavy atom. The average molecular weight is 380 g/mol. The molecule has 4 nitrogen and oxygen atoms in total. The lowest BCUT2D eigenvalue weighted by Crippen LogP contribution is -2.36. The van der Waals surface area contributed by atoms with Gasteiger partial charge in [0.2, 0.25) is 0 Å². The van der Waals surface area contributed by atoms with Gasteiger partial charge in [0.25, 0.3) is 5.91 Å². The molecule has 0 spiro atoms. The second kappa shape index (κ2) is 7.41. The molecule has 0 radical (unpaired) electrons. The number of benzene rings is 1. The van der Waals surface area contributed by atoms with Crippen LogP contribution in [0.5, 0.6) is 0 Å². The van der Waals surface area contributed by atoms with E-state index in [-0.39, 0.29) is 11.9 Å². The summed E-state index contributed by atoms with van der Waals surface area (Å²) in [7, 11) is 0. The molecule has 2 aromatic heterocycles. The summed E-state index contributed by atoms with van der Waals surface area (Å²) in [6, 6.07) is 12.8. The highest BCUT2D eigenvalue weighted by Gasteiger charge is 2.26. The van der Waals surface area contributed by atoms with E-state index >= 15 is 0 Å². The highest BCUT2D eigenvalue weighted by Crippen LogP contribution is 2.32. The van der Waals surface area contributed by atoms with Crippen molar-refractivity contribution in [2.75, 3.05) is 13.1 Å². The Balaban J connectivity index is 1.45. The van der Waals surface area contributed by atoms with Crippen molar-refractivity contribution in [3.8, 4) is 0 Å². The van der Waals surface area contributed by atoms with E-state index in [0.29, 0.717) is 0 Å². The molecule has 1 amide bonds. The third-order valence-electron chi connectivity index (χ3n) is 5.29. The number of hydrogen-bond donors (Lipinski definition) is 1. The first kappa shape index (κ1) is 18.1. The largest absolute Gasteiger partial charge is 0.347 e. The SMILES string of the molecule is Cc1cc(C)c2c(C)c(C(=O)NC3CCN(Cc4ccccc4)C3)sc2n1. The van der Waals surface area contributed by atoms with Gasteiger partial charge in [-0.2, -0.15) is 0 Å². The van der Waals surface area contributed by atoms with Crippen molar-refractivity contribution in [3.05, 3.63) is 63.7 Å². The molecule has 1 aromatic carbocycles. The van der Waals surface area contributed by atoms with Gasteiger partial charge in [0.1, 0.15) is 4.83 Å². The highest BCUT2D eigenvalue weighted by molar-refractivity contribution is 7.20. The van der Waals surface area contributed by atoms with Crippen molar-refractivity contribution in [2.24, 2.45) is 0 Å². The summed E-state index contributed by atoms with van der Waals surface area (Å²) in [4.78, 5) is 21.7. The van der Waals surface area contributed by atoms with Crippen molar-refractivity contribution in [1.29, 1.82) is 0 Å². The van der Waals surface area contributed by atoms with Crippen molar-refractivity contribution in [1.82, 2.24) is 15.2 Å². The number of nitrogens with one attached hydrogen (secondary N) is 1. The van der Waals surface area contributed by atoms with Crippen LogP contribution in [0, 0.1) is 20.8 Å². The molecule has 1 unspecified atom stereocenters. The second-order valence-corrected chi connectivity index (χ2v) is 8.50. The molecule has 1 atom stereocenters. The van der Waals surface area contributed by atoms with Crippen LogP contribution in [0.25, 0.3) is 10.2 Å². The van der Waals surface area contributed by atoms with Gasteiger partial charge in [-0.1, -0.05) is 30.3 Å². The zero-order chi connectivity index (χ0) is 19.0. The van der Waals surface area contributed by atoms with E-state index in [9.17, 15) is 4.79 Å². The standard InChI is InChI=1S/C22H25N3OS/c1-14-11-15(2)23-22-19(14)16(3)20(27-22)21(26)24-18-9-10-25(13-18)12-17-7-5-4-6-8-17/h4-8,11,18H,9-10,12-13H2,1-3H3,(H,24,26). The number of fused-ring (bicyclic) bond motifs is 1. The van der Waals surface area contributed by atoms with Crippen LogP contribution in [0.1, 0.15) is 38.5 Å². The Kier molecular flexibility index (Phi) is 4.98. The lowest BCUT2D eigenvalue weighted by molar-refractivity contribution is 0.0941. The van der Waals surface area contributed by atoms with Crippen LogP contribution < -0.4 is 5.32 Å². The van der Waals surface area contributed by atoms with Crippen molar-refractivity contribution < 1.29 is 4.79 Å². The van der Waals surface area contributed by atoms with Gasteiger partial charge in [-0.15, -0.1) is 11.3 Å². The number of nitrogens with zero attached hydrogens (tertiary/aromatic N) is 2. The first-order chi connectivity index (χ1) is 13.0. The van der Waals surface area contributed by atoms with E-state index in [1.807, 2.05) is 19.9 Å². The third-order valence-corrected chi connectivity index (χ3v) is 6.47. The van der Waals surface area contributed by atoms with Gasteiger partial charge >= 0.3 is 0 Å². The van der Waals surface area contributed by atoms with Gasteiger partial charge in [-0.05, 0) is 49.9 Å².